The number of nitrogens with one attached hydrogen (secondary N) is 1. The minimum Gasteiger partial charge on any atom is -0.352 e. The van der Waals surface area contributed by atoms with E-state index in [4.69, 9.17) is 0 Å². The van der Waals surface area contributed by atoms with Crippen LogP contribution in [0.25, 0.3) is 17.0 Å². The maximum absolute atomic E-state index is 13.0. The summed E-state index contributed by atoms with van der Waals surface area (Å²) in [6, 6.07) is 17.0. The number of anilines is 1. The molecule has 0 bridgehead atoms. The normalized spacial score (nSPS) is 18.2. The van der Waals surface area contributed by atoms with Crippen molar-refractivity contribution >= 4 is 51.5 Å². The van der Waals surface area contributed by atoms with Crippen molar-refractivity contribution in [2.45, 2.75) is 38.3 Å². The van der Waals surface area contributed by atoms with Gasteiger partial charge in [0.2, 0.25) is 5.91 Å². The molecular formula is C25H23N3O3S. The lowest BCUT2D eigenvalue weighted by Crippen LogP contribution is -2.35. The molecule has 0 radical (unpaired) electrons. The summed E-state index contributed by atoms with van der Waals surface area (Å²) in [4.78, 5) is 39.7. The standard InChI is InChI=1S/C25H23N3O3S/c29-23(26-18-8-4-5-9-18)16-27-15-17(20-12-6-7-13-21(20)27)14-22-24(30)28(25(31)32-22)19-10-2-1-3-11-19/h1-3,6-7,10-15,18H,4-5,8-9,16H2,(H,26,29)/b22-14-. The van der Waals surface area contributed by atoms with Gasteiger partial charge in [-0.25, -0.2) is 4.90 Å². The number of carbonyl (C=O) groups excluding carboxylic acids is 3. The van der Waals surface area contributed by atoms with Crippen molar-refractivity contribution in [2.75, 3.05) is 4.90 Å². The number of imide groups is 1. The van der Waals surface area contributed by atoms with E-state index in [1.54, 1.807) is 30.3 Å². The van der Waals surface area contributed by atoms with Gasteiger partial charge in [-0.3, -0.25) is 14.4 Å². The van der Waals surface area contributed by atoms with Gasteiger partial charge in [0, 0.05) is 28.7 Å². The highest BCUT2D eigenvalue weighted by molar-refractivity contribution is 8.19. The van der Waals surface area contributed by atoms with Crippen molar-refractivity contribution in [1.82, 2.24) is 9.88 Å². The van der Waals surface area contributed by atoms with Gasteiger partial charge in [-0.1, -0.05) is 49.2 Å². The Morgan fingerprint density at radius 3 is 2.53 bits per heavy atom. The summed E-state index contributed by atoms with van der Waals surface area (Å²) >= 11 is 0.934. The fourth-order valence-corrected chi connectivity index (χ4v) is 5.26. The number of rotatable bonds is 5. The topological polar surface area (TPSA) is 71.4 Å². The van der Waals surface area contributed by atoms with E-state index in [0.29, 0.717) is 10.6 Å². The summed E-state index contributed by atoms with van der Waals surface area (Å²) in [5, 5.41) is 3.75. The molecule has 0 atom stereocenters. The molecule has 2 aromatic carbocycles. The first kappa shape index (κ1) is 20.6. The predicted molar refractivity (Wildman–Crippen MR) is 127 cm³/mol. The van der Waals surface area contributed by atoms with Crippen molar-refractivity contribution in [3.63, 3.8) is 0 Å². The largest absolute Gasteiger partial charge is 0.352 e. The van der Waals surface area contributed by atoms with Gasteiger partial charge >= 0.3 is 0 Å². The fourth-order valence-electron chi connectivity index (χ4n) is 4.43. The van der Waals surface area contributed by atoms with E-state index in [-0.39, 0.29) is 29.6 Å². The number of para-hydroxylation sites is 2. The summed E-state index contributed by atoms with van der Waals surface area (Å²) in [5.41, 5.74) is 2.29. The molecule has 1 saturated carbocycles. The molecule has 3 amide bonds. The minimum atomic E-state index is -0.331. The number of aromatic nitrogens is 1. The van der Waals surface area contributed by atoms with Crippen LogP contribution < -0.4 is 10.2 Å². The Balaban J connectivity index is 1.43. The van der Waals surface area contributed by atoms with Gasteiger partial charge < -0.3 is 9.88 Å². The zero-order valence-electron chi connectivity index (χ0n) is 17.5. The third kappa shape index (κ3) is 3.96. The summed E-state index contributed by atoms with van der Waals surface area (Å²) in [6.07, 6.45) is 8.05. The maximum Gasteiger partial charge on any atom is 0.298 e. The smallest absolute Gasteiger partial charge is 0.298 e. The van der Waals surface area contributed by atoms with Crippen LogP contribution in [0.3, 0.4) is 0 Å². The van der Waals surface area contributed by atoms with Gasteiger partial charge in [0.1, 0.15) is 6.54 Å². The van der Waals surface area contributed by atoms with Crippen LogP contribution in [0.2, 0.25) is 0 Å². The predicted octanol–water partition coefficient (Wildman–Crippen LogP) is 4.94. The highest BCUT2D eigenvalue weighted by Crippen LogP contribution is 2.36. The lowest BCUT2D eigenvalue weighted by molar-refractivity contribution is -0.122. The average Bonchev–Trinajstić information content (AvgIpc) is 3.49. The molecule has 5 rings (SSSR count). The van der Waals surface area contributed by atoms with E-state index in [9.17, 15) is 14.4 Å². The monoisotopic (exact) mass is 445 g/mol. The number of hydrogen-bond acceptors (Lipinski definition) is 4. The highest BCUT2D eigenvalue weighted by atomic mass is 32.2. The van der Waals surface area contributed by atoms with Crippen LogP contribution in [-0.4, -0.2) is 27.7 Å². The van der Waals surface area contributed by atoms with Crippen molar-refractivity contribution in [1.29, 1.82) is 0 Å². The van der Waals surface area contributed by atoms with E-state index in [0.717, 1.165) is 41.1 Å². The van der Waals surface area contributed by atoms with E-state index in [2.05, 4.69) is 5.32 Å². The molecule has 1 aromatic heterocycles. The second-order valence-corrected chi connectivity index (χ2v) is 9.12. The third-order valence-corrected chi connectivity index (χ3v) is 6.82. The molecule has 2 fully saturated rings. The van der Waals surface area contributed by atoms with Crippen molar-refractivity contribution in [3.8, 4) is 0 Å². The summed E-state index contributed by atoms with van der Waals surface area (Å²) < 4.78 is 1.91. The van der Waals surface area contributed by atoms with Crippen LogP contribution in [0, 0.1) is 0 Å². The second-order valence-electron chi connectivity index (χ2n) is 8.13. The highest BCUT2D eigenvalue weighted by Gasteiger charge is 2.36. The molecule has 1 saturated heterocycles. The van der Waals surface area contributed by atoms with Crippen molar-refractivity contribution in [2.24, 2.45) is 0 Å². The van der Waals surface area contributed by atoms with Gasteiger partial charge in [0.15, 0.2) is 0 Å². The van der Waals surface area contributed by atoms with Crippen LogP contribution in [0.5, 0.6) is 0 Å². The molecule has 2 heterocycles. The number of thioether (sulfide) groups is 1. The molecule has 1 aliphatic heterocycles. The molecule has 1 N–H and O–H groups in total. The minimum absolute atomic E-state index is 0.00592. The Morgan fingerprint density at radius 2 is 1.75 bits per heavy atom. The van der Waals surface area contributed by atoms with Crippen LogP contribution in [0.4, 0.5) is 10.5 Å². The van der Waals surface area contributed by atoms with E-state index in [1.165, 1.54) is 17.7 Å². The lowest BCUT2D eigenvalue weighted by atomic mass is 10.1. The van der Waals surface area contributed by atoms with E-state index >= 15 is 0 Å². The van der Waals surface area contributed by atoms with Gasteiger partial charge in [0.25, 0.3) is 11.1 Å². The molecule has 32 heavy (non-hydrogen) atoms. The number of fused-ring (bicyclic) bond motifs is 1. The first-order valence-corrected chi connectivity index (χ1v) is 11.6. The molecule has 0 spiro atoms. The third-order valence-electron chi connectivity index (χ3n) is 5.95. The summed E-state index contributed by atoms with van der Waals surface area (Å²) in [5.74, 6) is -0.337. The van der Waals surface area contributed by atoms with Crippen molar-refractivity contribution < 1.29 is 14.4 Å². The zero-order valence-corrected chi connectivity index (χ0v) is 18.3. The van der Waals surface area contributed by atoms with Crippen LogP contribution in [-0.2, 0) is 16.1 Å². The Kier molecular flexibility index (Phi) is 5.57. The molecule has 3 aromatic rings. The number of benzene rings is 2. The number of carbonyl (C=O) groups is 3. The molecule has 6 nitrogen and oxygen atoms in total. The maximum atomic E-state index is 13.0. The van der Waals surface area contributed by atoms with E-state index < -0.39 is 0 Å². The van der Waals surface area contributed by atoms with Crippen LogP contribution in [0.1, 0.15) is 31.2 Å². The van der Waals surface area contributed by atoms with Crippen LogP contribution in [0.15, 0.2) is 65.7 Å². The molecule has 0 unspecified atom stereocenters. The SMILES string of the molecule is O=C(Cn1cc(/C=C2\SC(=O)N(c3ccccc3)C2=O)c2ccccc21)NC1CCCC1. The average molecular weight is 446 g/mol. The Labute approximate surface area is 190 Å². The Morgan fingerprint density at radius 1 is 1.03 bits per heavy atom. The van der Waals surface area contributed by atoms with Gasteiger partial charge in [-0.2, -0.15) is 0 Å². The molecule has 2 aliphatic rings. The van der Waals surface area contributed by atoms with Crippen LogP contribution >= 0.6 is 11.8 Å². The summed E-state index contributed by atoms with van der Waals surface area (Å²) in [6.45, 7) is 0.219. The summed E-state index contributed by atoms with van der Waals surface area (Å²) in [7, 11) is 0. The number of hydrogen-bond donors (Lipinski definition) is 1. The molecule has 162 valence electrons. The quantitative estimate of drug-likeness (QED) is 0.565. The van der Waals surface area contributed by atoms with Gasteiger partial charge in [0.05, 0.1) is 10.6 Å². The molecular weight excluding hydrogens is 422 g/mol. The van der Waals surface area contributed by atoms with Gasteiger partial charge in [-0.15, -0.1) is 0 Å². The Hall–Kier alpha value is -3.32. The van der Waals surface area contributed by atoms with Crippen molar-refractivity contribution in [3.05, 3.63) is 71.3 Å². The Bertz CT molecular complexity index is 1230. The fraction of sp³-hybridized carbons (Fsp3) is 0.240. The second kappa shape index (κ2) is 8.67. The lowest BCUT2D eigenvalue weighted by Gasteiger charge is -2.12. The van der Waals surface area contributed by atoms with Gasteiger partial charge in [-0.05, 0) is 48.9 Å². The first-order chi connectivity index (χ1) is 15.6. The first-order valence-electron chi connectivity index (χ1n) is 10.8. The molecule has 7 heteroatoms. The molecule has 1 aliphatic carbocycles. The number of nitrogens with zero attached hydrogens (tertiary/aromatic N) is 2. The van der Waals surface area contributed by atoms with E-state index in [1.807, 2.05) is 41.1 Å². The number of amides is 3. The zero-order chi connectivity index (χ0) is 22.1.